The predicted octanol–water partition coefficient (Wildman–Crippen LogP) is 2.64. The second kappa shape index (κ2) is 7.99. The van der Waals surface area contributed by atoms with Crippen molar-refractivity contribution in [2.45, 2.75) is 30.4 Å². The second-order valence-corrected chi connectivity index (χ2v) is 8.17. The number of rotatable bonds is 6. The van der Waals surface area contributed by atoms with Crippen molar-refractivity contribution in [1.82, 2.24) is 9.62 Å². The third-order valence-electron chi connectivity index (χ3n) is 4.50. The molecule has 0 bridgehead atoms. The summed E-state index contributed by atoms with van der Waals surface area (Å²) in [6.07, 6.45) is 1.89. The number of nitrogens with zero attached hydrogens (tertiary/aromatic N) is 1. The van der Waals surface area contributed by atoms with E-state index in [1.807, 2.05) is 37.4 Å². The quantitative estimate of drug-likeness (QED) is 0.860. The summed E-state index contributed by atoms with van der Waals surface area (Å²) in [5, 5.41) is 3.17. The van der Waals surface area contributed by atoms with Crippen LogP contribution in [-0.4, -0.2) is 38.9 Å². The lowest BCUT2D eigenvalue weighted by Crippen LogP contribution is -2.46. The molecule has 2 aromatic carbocycles. The van der Waals surface area contributed by atoms with Crippen LogP contribution in [0.4, 0.5) is 0 Å². The first-order valence-corrected chi connectivity index (χ1v) is 9.98. The number of hydrogen-bond acceptors (Lipinski definition) is 4. The van der Waals surface area contributed by atoms with Crippen molar-refractivity contribution < 1.29 is 13.2 Å². The standard InChI is InChI=1S/C19H24N2O3S/c1-20-17-8-5-13-21(14-17)25(22,23)19-11-9-18(10-12-19)24-15-16-6-3-2-4-7-16/h2-4,6-7,9-12,17,20H,5,8,13-15H2,1H3. The van der Waals surface area contributed by atoms with E-state index in [0.717, 1.165) is 18.4 Å². The van der Waals surface area contributed by atoms with E-state index in [4.69, 9.17) is 4.74 Å². The molecular weight excluding hydrogens is 336 g/mol. The van der Waals surface area contributed by atoms with Gasteiger partial charge in [-0.25, -0.2) is 8.42 Å². The maximum atomic E-state index is 12.8. The molecule has 1 heterocycles. The van der Waals surface area contributed by atoms with Gasteiger partial charge in [0.15, 0.2) is 0 Å². The first kappa shape index (κ1) is 17.9. The van der Waals surface area contributed by atoms with Gasteiger partial charge < -0.3 is 10.1 Å². The van der Waals surface area contributed by atoms with Gasteiger partial charge in [-0.1, -0.05) is 30.3 Å². The van der Waals surface area contributed by atoms with Crippen LogP contribution in [0.3, 0.4) is 0 Å². The highest BCUT2D eigenvalue weighted by Crippen LogP contribution is 2.23. The number of hydrogen-bond donors (Lipinski definition) is 1. The topological polar surface area (TPSA) is 58.6 Å². The lowest BCUT2D eigenvalue weighted by molar-refractivity contribution is 0.292. The van der Waals surface area contributed by atoms with Crippen LogP contribution in [0.25, 0.3) is 0 Å². The summed E-state index contributed by atoms with van der Waals surface area (Å²) in [5.41, 5.74) is 1.07. The highest BCUT2D eigenvalue weighted by atomic mass is 32.2. The SMILES string of the molecule is CNC1CCCN(S(=O)(=O)c2ccc(OCc3ccccc3)cc2)C1. The Morgan fingerprint density at radius 1 is 1.12 bits per heavy atom. The average molecular weight is 360 g/mol. The fourth-order valence-corrected chi connectivity index (χ4v) is 4.52. The maximum absolute atomic E-state index is 12.8. The minimum absolute atomic E-state index is 0.219. The molecule has 1 fully saturated rings. The van der Waals surface area contributed by atoms with Crippen molar-refractivity contribution in [2.24, 2.45) is 0 Å². The molecule has 1 aliphatic rings. The van der Waals surface area contributed by atoms with Gasteiger partial charge in [-0.15, -0.1) is 0 Å². The van der Waals surface area contributed by atoms with E-state index in [0.29, 0.717) is 30.3 Å². The molecule has 5 nitrogen and oxygen atoms in total. The molecule has 0 aliphatic carbocycles. The zero-order valence-electron chi connectivity index (χ0n) is 14.4. The number of piperidine rings is 1. The van der Waals surface area contributed by atoms with Gasteiger partial charge in [0.25, 0.3) is 0 Å². The summed E-state index contributed by atoms with van der Waals surface area (Å²) in [5.74, 6) is 0.662. The molecule has 25 heavy (non-hydrogen) atoms. The largest absolute Gasteiger partial charge is 0.489 e. The van der Waals surface area contributed by atoms with E-state index in [9.17, 15) is 8.42 Å². The lowest BCUT2D eigenvalue weighted by atomic mass is 10.1. The van der Waals surface area contributed by atoms with Crippen LogP contribution in [-0.2, 0) is 16.6 Å². The molecule has 1 unspecified atom stereocenters. The smallest absolute Gasteiger partial charge is 0.243 e. The van der Waals surface area contributed by atoms with E-state index in [2.05, 4.69) is 5.32 Å². The van der Waals surface area contributed by atoms with E-state index in [1.165, 1.54) is 0 Å². The molecular formula is C19H24N2O3S. The molecule has 0 aromatic heterocycles. The van der Waals surface area contributed by atoms with Gasteiger partial charge in [0, 0.05) is 19.1 Å². The summed E-state index contributed by atoms with van der Waals surface area (Å²) in [7, 11) is -1.58. The van der Waals surface area contributed by atoms with Crippen LogP contribution in [0.2, 0.25) is 0 Å². The molecule has 1 aliphatic heterocycles. The number of likely N-dealkylation sites (N-methyl/N-ethyl adjacent to an activating group) is 1. The van der Waals surface area contributed by atoms with Crippen LogP contribution in [0.5, 0.6) is 5.75 Å². The molecule has 1 saturated heterocycles. The Balaban J connectivity index is 1.66. The molecule has 0 amide bonds. The van der Waals surface area contributed by atoms with Crippen LogP contribution in [0, 0.1) is 0 Å². The number of nitrogens with one attached hydrogen (secondary N) is 1. The van der Waals surface area contributed by atoms with Crippen molar-refractivity contribution in [3.8, 4) is 5.75 Å². The summed E-state index contributed by atoms with van der Waals surface area (Å²) < 4.78 is 32.9. The third-order valence-corrected chi connectivity index (χ3v) is 6.38. The molecule has 134 valence electrons. The molecule has 0 spiro atoms. The fraction of sp³-hybridized carbons (Fsp3) is 0.368. The average Bonchev–Trinajstić information content (AvgIpc) is 2.67. The monoisotopic (exact) mass is 360 g/mol. The summed E-state index contributed by atoms with van der Waals surface area (Å²) >= 11 is 0. The predicted molar refractivity (Wildman–Crippen MR) is 98.1 cm³/mol. The van der Waals surface area contributed by atoms with Crippen molar-refractivity contribution >= 4 is 10.0 Å². The molecule has 1 atom stereocenters. The van der Waals surface area contributed by atoms with Gasteiger partial charge in [0.1, 0.15) is 12.4 Å². The third kappa shape index (κ3) is 4.39. The van der Waals surface area contributed by atoms with Gasteiger partial charge in [-0.3, -0.25) is 0 Å². The minimum atomic E-state index is -3.45. The van der Waals surface area contributed by atoms with Crippen LogP contribution < -0.4 is 10.1 Å². The van der Waals surface area contributed by atoms with E-state index >= 15 is 0 Å². The zero-order valence-corrected chi connectivity index (χ0v) is 15.2. The lowest BCUT2D eigenvalue weighted by Gasteiger charge is -2.31. The molecule has 0 radical (unpaired) electrons. The first-order valence-electron chi connectivity index (χ1n) is 8.54. The summed E-state index contributed by atoms with van der Waals surface area (Å²) in [6.45, 7) is 1.56. The van der Waals surface area contributed by atoms with Gasteiger partial charge in [0.05, 0.1) is 4.90 Å². The van der Waals surface area contributed by atoms with Crippen LogP contribution in [0.1, 0.15) is 18.4 Å². The Morgan fingerprint density at radius 3 is 2.52 bits per heavy atom. The summed E-state index contributed by atoms with van der Waals surface area (Å²) in [4.78, 5) is 0.316. The maximum Gasteiger partial charge on any atom is 0.243 e. The molecule has 0 saturated carbocycles. The number of ether oxygens (including phenoxy) is 1. The number of sulfonamides is 1. The Morgan fingerprint density at radius 2 is 1.84 bits per heavy atom. The highest BCUT2D eigenvalue weighted by molar-refractivity contribution is 7.89. The van der Waals surface area contributed by atoms with Crippen molar-refractivity contribution in [3.05, 3.63) is 60.2 Å². The second-order valence-electron chi connectivity index (χ2n) is 6.24. The van der Waals surface area contributed by atoms with Crippen molar-refractivity contribution in [3.63, 3.8) is 0 Å². The summed E-state index contributed by atoms with van der Waals surface area (Å²) in [6, 6.07) is 16.8. The zero-order chi connectivity index (χ0) is 17.7. The van der Waals surface area contributed by atoms with E-state index in [-0.39, 0.29) is 6.04 Å². The van der Waals surface area contributed by atoms with E-state index < -0.39 is 10.0 Å². The van der Waals surface area contributed by atoms with Crippen LogP contribution >= 0.6 is 0 Å². The Bertz CT molecular complexity index is 776. The minimum Gasteiger partial charge on any atom is -0.489 e. The molecule has 1 N–H and O–H groups in total. The van der Waals surface area contributed by atoms with Crippen molar-refractivity contribution in [2.75, 3.05) is 20.1 Å². The van der Waals surface area contributed by atoms with E-state index in [1.54, 1.807) is 28.6 Å². The first-order chi connectivity index (χ1) is 12.1. The van der Waals surface area contributed by atoms with Gasteiger partial charge >= 0.3 is 0 Å². The Labute approximate surface area is 149 Å². The van der Waals surface area contributed by atoms with Crippen LogP contribution in [0.15, 0.2) is 59.5 Å². The Kier molecular flexibility index (Phi) is 5.73. The number of benzene rings is 2. The van der Waals surface area contributed by atoms with Crippen molar-refractivity contribution in [1.29, 1.82) is 0 Å². The fourth-order valence-electron chi connectivity index (χ4n) is 2.99. The molecule has 2 aromatic rings. The molecule has 3 rings (SSSR count). The highest BCUT2D eigenvalue weighted by Gasteiger charge is 2.29. The van der Waals surface area contributed by atoms with Gasteiger partial charge in [-0.05, 0) is 49.7 Å². The van der Waals surface area contributed by atoms with Gasteiger partial charge in [0.2, 0.25) is 10.0 Å². The van der Waals surface area contributed by atoms with Gasteiger partial charge in [-0.2, -0.15) is 4.31 Å². The Hall–Kier alpha value is -1.89. The molecule has 6 heteroatoms. The normalized spacial score (nSPS) is 18.8.